The Hall–Kier alpha value is -2.70. The highest BCUT2D eigenvalue weighted by Gasteiger charge is 2.16. The minimum absolute atomic E-state index is 0.182. The summed E-state index contributed by atoms with van der Waals surface area (Å²) in [5.74, 6) is 2.00. The van der Waals surface area contributed by atoms with Gasteiger partial charge in [-0.15, -0.1) is 0 Å². The third-order valence-electron chi connectivity index (χ3n) is 3.67. The molecule has 0 aliphatic rings. The fourth-order valence-corrected chi connectivity index (χ4v) is 2.31. The summed E-state index contributed by atoms with van der Waals surface area (Å²) in [7, 11) is 4.88. The van der Waals surface area contributed by atoms with Crippen LogP contribution in [0, 0.1) is 6.92 Å². The van der Waals surface area contributed by atoms with Gasteiger partial charge in [0.1, 0.15) is 11.5 Å². The second-order valence-electron chi connectivity index (χ2n) is 5.57. The van der Waals surface area contributed by atoms with Crippen molar-refractivity contribution in [2.75, 3.05) is 21.3 Å². The summed E-state index contributed by atoms with van der Waals surface area (Å²) in [6.07, 6.45) is 0. The number of nitrogens with zero attached hydrogens (tertiary/aromatic N) is 2. The van der Waals surface area contributed by atoms with Crippen LogP contribution >= 0.6 is 0 Å². The number of ether oxygens (including phenoxy) is 2. The third-order valence-corrected chi connectivity index (χ3v) is 3.67. The Kier molecular flexibility index (Phi) is 5.68. The zero-order chi connectivity index (χ0) is 17.7. The van der Waals surface area contributed by atoms with E-state index in [1.807, 2.05) is 38.1 Å². The average Bonchev–Trinajstić information content (AvgIpc) is 2.98. The summed E-state index contributed by atoms with van der Waals surface area (Å²) in [6, 6.07) is 7.00. The van der Waals surface area contributed by atoms with Gasteiger partial charge in [0.15, 0.2) is 11.5 Å². The van der Waals surface area contributed by atoms with Crippen molar-refractivity contribution in [1.29, 1.82) is 0 Å². The predicted octanol–water partition coefficient (Wildman–Crippen LogP) is 2.90. The number of benzene rings is 1. The summed E-state index contributed by atoms with van der Waals surface area (Å²) >= 11 is 0. The largest absolute Gasteiger partial charge is 0.493 e. The number of carbonyl (C=O) groups excluding carboxylic acids is 1. The zero-order valence-electron chi connectivity index (χ0n) is 14.6. The van der Waals surface area contributed by atoms with Crippen LogP contribution in [0.2, 0.25) is 0 Å². The topological polar surface area (TPSA) is 76.8 Å². The number of urea groups is 1. The number of methoxy groups -OCH3 is 2. The molecule has 1 N–H and O–H groups in total. The van der Waals surface area contributed by atoms with Gasteiger partial charge in [0.05, 0.1) is 26.8 Å². The Labute approximate surface area is 141 Å². The molecule has 0 spiro atoms. The van der Waals surface area contributed by atoms with Crippen LogP contribution in [0.25, 0.3) is 0 Å². The second kappa shape index (κ2) is 7.72. The highest BCUT2D eigenvalue weighted by Crippen LogP contribution is 2.29. The smallest absolute Gasteiger partial charge is 0.317 e. The lowest BCUT2D eigenvalue weighted by molar-refractivity contribution is 0.202. The molecule has 0 unspecified atom stereocenters. The first-order valence-corrected chi connectivity index (χ1v) is 7.60. The SMILES string of the molecule is COc1ccc([C@H](C)NC(=O)N(C)Cc2cc(C)on2)cc1OC. The number of hydrogen-bond donors (Lipinski definition) is 1. The number of aryl methyl sites for hydroxylation is 1. The van der Waals surface area contributed by atoms with E-state index in [-0.39, 0.29) is 12.1 Å². The lowest BCUT2D eigenvalue weighted by Gasteiger charge is -2.21. The Bertz CT molecular complexity index is 699. The summed E-state index contributed by atoms with van der Waals surface area (Å²) in [6.45, 7) is 4.10. The van der Waals surface area contributed by atoms with Gasteiger partial charge < -0.3 is 24.2 Å². The van der Waals surface area contributed by atoms with Gasteiger partial charge in [-0.1, -0.05) is 11.2 Å². The van der Waals surface area contributed by atoms with Crippen molar-refractivity contribution < 1.29 is 18.8 Å². The standard InChI is InChI=1S/C17H23N3O4/c1-11-8-14(19-24-11)10-20(3)17(21)18-12(2)13-6-7-15(22-4)16(9-13)23-5/h6-9,12H,10H2,1-5H3,(H,18,21)/t12-/m0/s1. The van der Waals surface area contributed by atoms with Crippen LogP contribution in [0.4, 0.5) is 4.79 Å². The molecule has 1 aromatic carbocycles. The van der Waals surface area contributed by atoms with Gasteiger partial charge in [-0.25, -0.2) is 4.79 Å². The molecule has 0 bridgehead atoms. The molecule has 2 rings (SSSR count). The van der Waals surface area contributed by atoms with Crippen molar-refractivity contribution in [3.8, 4) is 11.5 Å². The van der Waals surface area contributed by atoms with Crippen molar-refractivity contribution >= 4 is 6.03 Å². The van der Waals surface area contributed by atoms with Crippen LogP contribution in [0.3, 0.4) is 0 Å². The van der Waals surface area contributed by atoms with Crippen molar-refractivity contribution in [1.82, 2.24) is 15.4 Å². The molecule has 0 fully saturated rings. The molecule has 0 saturated heterocycles. The van der Waals surface area contributed by atoms with Gasteiger partial charge in [0.2, 0.25) is 0 Å². The molecule has 24 heavy (non-hydrogen) atoms. The third kappa shape index (κ3) is 4.18. The molecule has 7 nitrogen and oxygen atoms in total. The molecule has 0 aliphatic carbocycles. The highest BCUT2D eigenvalue weighted by atomic mass is 16.5. The first kappa shape index (κ1) is 17.7. The Morgan fingerprint density at radius 2 is 2.00 bits per heavy atom. The quantitative estimate of drug-likeness (QED) is 0.879. The fraction of sp³-hybridized carbons (Fsp3) is 0.412. The van der Waals surface area contributed by atoms with E-state index in [0.717, 1.165) is 11.3 Å². The molecule has 2 amide bonds. The van der Waals surface area contributed by atoms with E-state index in [9.17, 15) is 4.79 Å². The Morgan fingerprint density at radius 1 is 1.29 bits per heavy atom. The maximum Gasteiger partial charge on any atom is 0.317 e. The van der Waals surface area contributed by atoms with Crippen LogP contribution in [0.15, 0.2) is 28.8 Å². The molecular formula is C17H23N3O4. The number of nitrogens with one attached hydrogen (secondary N) is 1. The molecule has 1 aromatic heterocycles. The van der Waals surface area contributed by atoms with Crippen molar-refractivity contribution in [3.63, 3.8) is 0 Å². The van der Waals surface area contributed by atoms with Gasteiger partial charge in [0, 0.05) is 13.1 Å². The van der Waals surface area contributed by atoms with Crippen LogP contribution in [-0.2, 0) is 6.54 Å². The lowest BCUT2D eigenvalue weighted by atomic mass is 10.1. The number of rotatable bonds is 6. The molecule has 0 radical (unpaired) electrons. The molecule has 130 valence electrons. The van der Waals surface area contributed by atoms with E-state index >= 15 is 0 Å². The van der Waals surface area contributed by atoms with Crippen molar-refractivity contribution in [2.45, 2.75) is 26.4 Å². The van der Waals surface area contributed by atoms with E-state index < -0.39 is 0 Å². The predicted molar refractivity (Wildman–Crippen MR) is 89.2 cm³/mol. The number of amides is 2. The Balaban J connectivity index is 2.00. The van der Waals surface area contributed by atoms with E-state index in [0.29, 0.717) is 23.7 Å². The first-order chi connectivity index (χ1) is 11.4. The summed E-state index contributed by atoms with van der Waals surface area (Å²) in [4.78, 5) is 13.9. The summed E-state index contributed by atoms with van der Waals surface area (Å²) in [5, 5.41) is 6.83. The van der Waals surface area contributed by atoms with Gasteiger partial charge >= 0.3 is 6.03 Å². The summed E-state index contributed by atoms with van der Waals surface area (Å²) < 4.78 is 15.5. The molecule has 0 aliphatic heterocycles. The molecule has 1 heterocycles. The van der Waals surface area contributed by atoms with Crippen LogP contribution < -0.4 is 14.8 Å². The average molecular weight is 333 g/mol. The zero-order valence-corrected chi connectivity index (χ0v) is 14.6. The highest BCUT2D eigenvalue weighted by molar-refractivity contribution is 5.74. The van der Waals surface area contributed by atoms with Crippen LogP contribution in [0.1, 0.15) is 30.0 Å². The number of hydrogen-bond acceptors (Lipinski definition) is 5. The van der Waals surface area contributed by atoms with Gasteiger partial charge in [-0.3, -0.25) is 0 Å². The van der Waals surface area contributed by atoms with Crippen molar-refractivity contribution in [2.24, 2.45) is 0 Å². The number of aromatic nitrogens is 1. The van der Waals surface area contributed by atoms with E-state index in [1.54, 1.807) is 26.2 Å². The molecule has 7 heteroatoms. The van der Waals surface area contributed by atoms with Gasteiger partial charge in [0.25, 0.3) is 0 Å². The van der Waals surface area contributed by atoms with E-state index in [2.05, 4.69) is 10.5 Å². The van der Waals surface area contributed by atoms with Gasteiger partial charge in [-0.2, -0.15) is 0 Å². The monoisotopic (exact) mass is 333 g/mol. The normalized spacial score (nSPS) is 11.7. The maximum absolute atomic E-state index is 12.3. The first-order valence-electron chi connectivity index (χ1n) is 7.60. The van der Waals surface area contributed by atoms with E-state index in [4.69, 9.17) is 14.0 Å². The van der Waals surface area contributed by atoms with Gasteiger partial charge in [-0.05, 0) is 31.5 Å². The number of carbonyl (C=O) groups is 1. The lowest BCUT2D eigenvalue weighted by Crippen LogP contribution is -2.38. The van der Waals surface area contributed by atoms with Crippen LogP contribution in [0.5, 0.6) is 11.5 Å². The second-order valence-corrected chi connectivity index (χ2v) is 5.57. The molecule has 2 aromatic rings. The molecule has 1 atom stereocenters. The van der Waals surface area contributed by atoms with Crippen molar-refractivity contribution in [3.05, 3.63) is 41.3 Å². The Morgan fingerprint density at radius 3 is 2.58 bits per heavy atom. The molecular weight excluding hydrogens is 310 g/mol. The summed E-state index contributed by atoms with van der Waals surface area (Å²) in [5.41, 5.74) is 1.63. The minimum atomic E-state index is -0.196. The van der Waals surface area contributed by atoms with Crippen LogP contribution in [-0.4, -0.2) is 37.4 Å². The molecule has 0 saturated carbocycles. The van der Waals surface area contributed by atoms with E-state index in [1.165, 1.54) is 0 Å². The fourth-order valence-electron chi connectivity index (χ4n) is 2.31. The maximum atomic E-state index is 12.3. The minimum Gasteiger partial charge on any atom is -0.493 e.